The average molecular weight is 534 g/mol. The summed E-state index contributed by atoms with van der Waals surface area (Å²) >= 11 is 0. The minimum absolute atomic E-state index is 0.0244. The molecule has 37 heavy (non-hydrogen) atoms. The minimum atomic E-state index is -5.05. The number of aromatic amines is 2. The SMILES string of the molecule is CC(O[C@](c1ccc(F)cc1)(c1n[nH]c(=O)[nH]1)N1CCOCC1)c1cc(C(F)(F)F)cc(C(F)(F)F)c1. The third kappa shape index (κ3) is 5.55. The second kappa shape index (κ2) is 9.91. The molecule has 2 atom stereocenters. The van der Waals surface area contributed by atoms with Gasteiger partial charge in [-0.25, -0.2) is 14.3 Å². The first-order valence-corrected chi connectivity index (χ1v) is 11.0. The molecule has 1 fully saturated rings. The molecule has 7 nitrogen and oxygen atoms in total. The maximum absolute atomic E-state index is 13.8. The normalized spacial score (nSPS) is 17.9. The van der Waals surface area contributed by atoms with E-state index in [0.29, 0.717) is 12.1 Å². The Labute approximate surface area is 205 Å². The van der Waals surface area contributed by atoms with Gasteiger partial charge in [0.15, 0.2) is 5.82 Å². The van der Waals surface area contributed by atoms with Crippen LogP contribution in [0.1, 0.15) is 41.1 Å². The molecular weight excluding hydrogens is 513 g/mol. The number of nitrogens with one attached hydrogen (secondary N) is 2. The second-order valence-corrected chi connectivity index (χ2v) is 8.38. The lowest BCUT2D eigenvalue weighted by Crippen LogP contribution is -2.54. The van der Waals surface area contributed by atoms with Crippen LogP contribution >= 0.6 is 0 Å². The van der Waals surface area contributed by atoms with Gasteiger partial charge in [-0.1, -0.05) is 12.1 Å². The van der Waals surface area contributed by atoms with E-state index in [2.05, 4.69) is 15.2 Å². The van der Waals surface area contributed by atoms with Crippen LogP contribution in [-0.2, 0) is 27.6 Å². The van der Waals surface area contributed by atoms with Crippen molar-refractivity contribution in [2.75, 3.05) is 26.3 Å². The number of halogens is 7. The molecule has 0 spiro atoms. The van der Waals surface area contributed by atoms with Gasteiger partial charge in [-0.05, 0) is 42.8 Å². The van der Waals surface area contributed by atoms with E-state index in [-0.39, 0.29) is 43.8 Å². The van der Waals surface area contributed by atoms with Gasteiger partial charge >= 0.3 is 18.0 Å². The topological polar surface area (TPSA) is 83.2 Å². The van der Waals surface area contributed by atoms with Gasteiger partial charge in [0.25, 0.3) is 0 Å². The Morgan fingerprint density at radius 3 is 2.00 bits per heavy atom. The summed E-state index contributed by atoms with van der Waals surface area (Å²) in [5.41, 5.74) is -5.75. The number of hydrogen-bond donors (Lipinski definition) is 2. The molecule has 1 aromatic heterocycles. The molecule has 0 radical (unpaired) electrons. The molecule has 0 aliphatic carbocycles. The number of alkyl halides is 6. The number of benzene rings is 2. The molecule has 2 N–H and O–H groups in total. The van der Waals surface area contributed by atoms with E-state index in [9.17, 15) is 35.5 Å². The lowest BCUT2D eigenvalue weighted by molar-refractivity contribution is -0.189. The van der Waals surface area contributed by atoms with E-state index in [0.717, 1.165) is 12.1 Å². The fraction of sp³-hybridized carbons (Fsp3) is 0.391. The number of ether oxygens (including phenoxy) is 2. The molecule has 1 unspecified atom stereocenters. The number of morpholine rings is 1. The Kier molecular flexibility index (Phi) is 7.18. The van der Waals surface area contributed by atoms with E-state index in [1.807, 2.05) is 0 Å². The summed E-state index contributed by atoms with van der Waals surface area (Å²) in [7, 11) is 0. The van der Waals surface area contributed by atoms with E-state index in [1.54, 1.807) is 4.90 Å². The van der Waals surface area contributed by atoms with Crippen molar-refractivity contribution < 1.29 is 40.2 Å². The smallest absolute Gasteiger partial charge is 0.379 e. The van der Waals surface area contributed by atoms with Crippen molar-refractivity contribution in [2.45, 2.75) is 31.1 Å². The van der Waals surface area contributed by atoms with Crippen LogP contribution in [0.4, 0.5) is 30.7 Å². The first kappa shape index (κ1) is 26.8. The van der Waals surface area contributed by atoms with E-state index in [4.69, 9.17) is 9.47 Å². The van der Waals surface area contributed by atoms with Crippen LogP contribution in [0.15, 0.2) is 47.3 Å². The highest BCUT2D eigenvalue weighted by Gasteiger charge is 2.47. The van der Waals surface area contributed by atoms with Crippen molar-refractivity contribution in [3.63, 3.8) is 0 Å². The van der Waals surface area contributed by atoms with Gasteiger partial charge in [-0.15, -0.1) is 0 Å². The molecule has 1 aliphatic heterocycles. The summed E-state index contributed by atoms with van der Waals surface area (Å²) in [6.45, 7) is 2.07. The molecule has 0 saturated carbocycles. The molecular formula is C23H21F7N4O3. The number of aromatic nitrogens is 3. The van der Waals surface area contributed by atoms with Gasteiger partial charge in [0.1, 0.15) is 5.82 Å². The molecule has 2 heterocycles. The van der Waals surface area contributed by atoms with Crippen molar-refractivity contribution in [1.29, 1.82) is 0 Å². The minimum Gasteiger partial charge on any atom is -0.379 e. The van der Waals surface area contributed by atoms with Crippen molar-refractivity contribution in [1.82, 2.24) is 20.1 Å². The van der Waals surface area contributed by atoms with Gasteiger partial charge in [0.05, 0.1) is 30.4 Å². The molecule has 3 aromatic rings. The van der Waals surface area contributed by atoms with Crippen molar-refractivity contribution >= 4 is 0 Å². The zero-order valence-corrected chi connectivity index (χ0v) is 19.2. The summed E-state index contributed by atoms with van der Waals surface area (Å²) in [6, 6.07) is 6.04. The third-order valence-electron chi connectivity index (χ3n) is 5.94. The average Bonchev–Trinajstić information content (AvgIpc) is 3.28. The Morgan fingerprint density at radius 1 is 0.946 bits per heavy atom. The summed E-state index contributed by atoms with van der Waals surface area (Å²) in [4.78, 5) is 16.1. The number of H-pyrrole nitrogens is 2. The summed E-state index contributed by atoms with van der Waals surface area (Å²) in [5, 5.41) is 6.16. The Bertz CT molecular complexity index is 1250. The van der Waals surface area contributed by atoms with Crippen LogP contribution in [-0.4, -0.2) is 46.4 Å². The molecule has 14 heteroatoms. The van der Waals surface area contributed by atoms with E-state index < -0.39 is 52.4 Å². The van der Waals surface area contributed by atoms with Gasteiger partial charge in [-0.3, -0.25) is 9.88 Å². The summed E-state index contributed by atoms with van der Waals surface area (Å²) in [6.07, 6.45) is -11.5. The Hall–Kier alpha value is -3.23. The fourth-order valence-electron chi connectivity index (χ4n) is 4.19. The lowest BCUT2D eigenvalue weighted by atomic mass is 9.97. The molecule has 2 aromatic carbocycles. The van der Waals surface area contributed by atoms with E-state index >= 15 is 0 Å². The number of rotatable bonds is 6. The molecule has 0 bridgehead atoms. The van der Waals surface area contributed by atoms with Gasteiger partial charge < -0.3 is 9.47 Å². The van der Waals surface area contributed by atoms with Gasteiger partial charge in [0, 0.05) is 18.7 Å². The highest BCUT2D eigenvalue weighted by Crippen LogP contribution is 2.42. The summed E-state index contributed by atoms with van der Waals surface area (Å²) in [5.74, 6) is -0.725. The van der Waals surface area contributed by atoms with Gasteiger partial charge in [-0.2, -0.15) is 31.4 Å². The third-order valence-corrected chi connectivity index (χ3v) is 5.94. The van der Waals surface area contributed by atoms with Crippen LogP contribution in [0.2, 0.25) is 0 Å². The first-order chi connectivity index (χ1) is 17.3. The van der Waals surface area contributed by atoms with Crippen LogP contribution in [0.5, 0.6) is 0 Å². The van der Waals surface area contributed by atoms with Gasteiger partial charge in [0.2, 0.25) is 5.72 Å². The first-order valence-electron chi connectivity index (χ1n) is 11.0. The van der Waals surface area contributed by atoms with Crippen molar-refractivity contribution in [2.24, 2.45) is 0 Å². The highest BCUT2D eigenvalue weighted by atomic mass is 19.4. The van der Waals surface area contributed by atoms with Crippen molar-refractivity contribution in [3.8, 4) is 0 Å². The van der Waals surface area contributed by atoms with Crippen LogP contribution in [0.25, 0.3) is 0 Å². The predicted octanol–water partition coefficient (Wildman–Crippen LogP) is 4.59. The maximum atomic E-state index is 13.8. The number of nitrogens with zero attached hydrogens (tertiary/aromatic N) is 2. The monoisotopic (exact) mass is 534 g/mol. The predicted molar refractivity (Wildman–Crippen MR) is 115 cm³/mol. The summed E-state index contributed by atoms with van der Waals surface area (Å²) < 4.78 is 106. The number of hydrogen-bond acceptors (Lipinski definition) is 5. The molecule has 4 rings (SSSR count). The lowest BCUT2D eigenvalue weighted by Gasteiger charge is -2.45. The van der Waals surface area contributed by atoms with E-state index in [1.165, 1.54) is 19.1 Å². The molecule has 200 valence electrons. The largest absolute Gasteiger partial charge is 0.416 e. The second-order valence-electron chi connectivity index (χ2n) is 8.38. The zero-order chi connectivity index (χ0) is 27.0. The Balaban J connectivity index is 1.89. The highest BCUT2D eigenvalue weighted by molar-refractivity contribution is 5.36. The molecule has 1 saturated heterocycles. The Morgan fingerprint density at radius 2 is 1.51 bits per heavy atom. The van der Waals surface area contributed by atoms with Crippen LogP contribution < -0.4 is 5.69 Å². The standard InChI is InChI=1S/C23H21F7N4O3/c1-13(14-10-16(22(25,26)27)12-17(11-14)23(28,29)30)37-21(19-31-20(35)33-32-19,34-6-8-36-9-7-34)15-2-4-18(24)5-3-15/h2-5,10-13H,6-9H2,1H3,(H2,31,32,33,35)/t13?,21-/m1/s1. The maximum Gasteiger partial charge on any atom is 0.416 e. The van der Waals surface area contributed by atoms with Crippen molar-refractivity contribution in [3.05, 3.63) is 86.8 Å². The zero-order valence-electron chi connectivity index (χ0n) is 19.2. The quantitative estimate of drug-likeness (QED) is 0.453. The molecule has 0 amide bonds. The fourth-order valence-corrected chi connectivity index (χ4v) is 4.19. The van der Waals surface area contributed by atoms with Crippen LogP contribution in [0.3, 0.4) is 0 Å². The van der Waals surface area contributed by atoms with Crippen LogP contribution in [0, 0.1) is 5.82 Å². The molecule has 1 aliphatic rings.